The number of aryl methyl sites for hydroxylation is 2. The fraction of sp³-hybridized carbons (Fsp3) is 0.357. The van der Waals surface area contributed by atoms with Gasteiger partial charge in [-0.05, 0) is 24.1 Å². The first kappa shape index (κ1) is 12.6. The Balaban J connectivity index is 2.40. The van der Waals surface area contributed by atoms with Crippen molar-refractivity contribution in [2.45, 2.75) is 12.8 Å². The molecule has 0 saturated carbocycles. The molecule has 1 aromatic carbocycles. The van der Waals surface area contributed by atoms with Gasteiger partial charge in [-0.2, -0.15) is 0 Å². The number of benzene rings is 1. The van der Waals surface area contributed by atoms with Gasteiger partial charge in [-0.1, -0.05) is 12.1 Å². The summed E-state index contributed by atoms with van der Waals surface area (Å²) in [6, 6.07) is 6.15. The van der Waals surface area contributed by atoms with Crippen LogP contribution in [0.15, 0.2) is 30.6 Å². The fourth-order valence-electron chi connectivity index (χ4n) is 2.22. The summed E-state index contributed by atoms with van der Waals surface area (Å²) in [5.74, 6) is 2.01. The zero-order valence-corrected chi connectivity index (χ0v) is 11.1. The fourth-order valence-corrected chi connectivity index (χ4v) is 2.22. The van der Waals surface area contributed by atoms with Crippen LogP contribution in [-0.4, -0.2) is 23.2 Å². The molecule has 0 aliphatic carbocycles. The van der Waals surface area contributed by atoms with Gasteiger partial charge in [-0.15, -0.1) is 0 Å². The van der Waals surface area contributed by atoms with E-state index in [9.17, 15) is 0 Å². The highest BCUT2D eigenvalue weighted by Gasteiger charge is 2.17. The summed E-state index contributed by atoms with van der Waals surface area (Å²) in [7, 11) is 3.67. The summed E-state index contributed by atoms with van der Waals surface area (Å²) in [4.78, 5) is 4.39. The van der Waals surface area contributed by atoms with Gasteiger partial charge in [0.05, 0.1) is 13.0 Å². The normalized spacial score (nSPS) is 12.4. The summed E-state index contributed by atoms with van der Waals surface area (Å²) in [5, 5.41) is 0. The van der Waals surface area contributed by atoms with Gasteiger partial charge in [0, 0.05) is 26.0 Å². The largest absolute Gasteiger partial charge is 0.496 e. The van der Waals surface area contributed by atoms with E-state index in [-0.39, 0.29) is 5.92 Å². The number of ether oxygens (including phenoxy) is 1. The third kappa shape index (κ3) is 2.24. The molecule has 4 nitrogen and oxygen atoms in total. The van der Waals surface area contributed by atoms with Crippen molar-refractivity contribution in [2.75, 3.05) is 13.7 Å². The number of hydrogen-bond acceptors (Lipinski definition) is 3. The molecule has 1 aromatic heterocycles. The molecule has 0 bridgehead atoms. The van der Waals surface area contributed by atoms with E-state index < -0.39 is 0 Å². The molecule has 1 heterocycles. The summed E-state index contributed by atoms with van der Waals surface area (Å²) in [6.45, 7) is 2.57. The van der Waals surface area contributed by atoms with Gasteiger partial charge in [0.1, 0.15) is 11.6 Å². The molecule has 2 N–H and O–H groups in total. The monoisotopic (exact) mass is 245 g/mol. The quantitative estimate of drug-likeness (QED) is 0.894. The molecule has 0 spiro atoms. The smallest absolute Gasteiger partial charge is 0.121 e. The number of rotatable bonds is 4. The van der Waals surface area contributed by atoms with Crippen molar-refractivity contribution in [3.05, 3.63) is 47.5 Å². The minimum Gasteiger partial charge on any atom is -0.496 e. The molecule has 1 atom stereocenters. The molecule has 0 aliphatic rings. The van der Waals surface area contributed by atoms with E-state index in [1.165, 1.54) is 5.56 Å². The highest BCUT2D eigenvalue weighted by Crippen LogP contribution is 2.26. The van der Waals surface area contributed by atoms with Crippen molar-refractivity contribution in [1.29, 1.82) is 0 Å². The highest BCUT2D eigenvalue weighted by molar-refractivity contribution is 5.39. The maximum atomic E-state index is 5.90. The number of hydrogen-bond donors (Lipinski definition) is 1. The molecule has 4 heteroatoms. The Labute approximate surface area is 107 Å². The van der Waals surface area contributed by atoms with Crippen molar-refractivity contribution >= 4 is 0 Å². The van der Waals surface area contributed by atoms with Crippen LogP contribution in [0.5, 0.6) is 5.75 Å². The molecule has 1 unspecified atom stereocenters. The first-order chi connectivity index (χ1) is 8.67. The number of imidazole rings is 1. The molecule has 2 aromatic rings. The highest BCUT2D eigenvalue weighted by atomic mass is 16.5. The predicted molar refractivity (Wildman–Crippen MR) is 71.8 cm³/mol. The molecule has 0 aliphatic heterocycles. The van der Waals surface area contributed by atoms with Crippen molar-refractivity contribution < 1.29 is 4.74 Å². The van der Waals surface area contributed by atoms with Crippen molar-refractivity contribution in [3.8, 4) is 5.75 Å². The van der Waals surface area contributed by atoms with Crippen molar-refractivity contribution in [3.63, 3.8) is 0 Å². The van der Waals surface area contributed by atoms with Gasteiger partial charge in [-0.25, -0.2) is 4.98 Å². The van der Waals surface area contributed by atoms with Gasteiger partial charge < -0.3 is 15.0 Å². The van der Waals surface area contributed by atoms with Crippen LogP contribution in [0, 0.1) is 6.92 Å². The van der Waals surface area contributed by atoms with E-state index in [1.807, 2.05) is 30.8 Å². The summed E-state index contributed by atoms with van der Waals surface area (Å²) in [5.41, 5.74) is 8.19. The average molecular weight is 245 g/mol. The minimum atomic E-state index is 0.120. The Bertz CT molecular complexity index is 534. The molecule has 96 valence electrons. The summed E-state index contributed by atoms with van der Waals surface area (Å²) < 4.78 is 7.29. The third-order valence-electron chi connectivity index (χ3n) is 3.23. The average Bonchev–Trinajstić information content (AvgIpc) is 2.77. The second-order valence-electron chi connectivity index (χ2n) is 4.41. The van der Waals surface area contributed by atoms with Gasteiger partial charge >= 0.3 is 0 Å². The van der Waals surface area contributed by atoms with Crippen LogP contribution in [-0.2, 0) is 7.05 Å². The van der Waals surface area contributed by atoms with E-state index in [0.717, 1.165) is 17.1 Å². The minimum absolute atomic E-state index is 0.120. The SMILES string of the molecule is COc1ccc(C(CN)c2nccn2C)cc1C. The van der Waals surface area contributed by atoms with Gasteiger partial charge in [0.25, 0.3) is 0 Å². The molecule has 0 fully saturated rings. The maximum absolute atomic E-state index is 5.90. The van der Waals surface area contributed by atoms with E-state index in [1.54, 1.807) is 13.3 Å². The lowest BCUT2D eigenvalue weighted by atomic mass is 9.96. The van der Waals surface area contributed by atoms with Crippen LogP contribution >= 0.6 is 0 Å². The first-order valence-corrected chi connectivity index (χ1v) is 5.99. The first-order valence-electron chi connectivity index (χ1n) is 5.99. The molecule has 0 saturated heterocycles. The summed E-state index contributed by atoms with van der Waals surface area (Å²) >= 11 is 0. The number of methoxy groups -OCH3 is 1. The van der Waals surface area contributed by atoms with E-state index in [2.05, 4.69) is 17.1 Å². The summed E-state index contributed by atoms with van der Waals surface area (Å²) in [6.07, 6.45) is 3.74. The third-order valence-corrected chi connectivity index (χ3v) is 3.23. The molecular weight excluding hydrogens is 226 g/mol. The van der Waals surface area contributed by atoms with Gasteiger partial charge in [0.2, 0.25) is 0 Å². The topological polar surface area (TPSA) is 53.1 Å². The maximum Gasteiger partial charge on any atom is 0.121 e. The van der Waals surface area contributed by atoms with E-state index >= 15 is 0 Å². The van der Waals surface area contributed by atoms with Crippen LogP contribution in [0.4, 0.5) is 0 Å². The van der Waals surface area contributed by atoms with Crippen LogP contribution < -0.4 is 10.5 Å². The Morgan fingerprint density at radius 2 is 2.22 bits per heavy atom. The Hall–Kier alpha value is -1.81. The zero-order chi connectivity index (χ0) is 13.1. The Kier molecular flexibility index (Phi) is 3.67. The van der Waals surface area contributed by atoms with Crippen molar-refractivity contribution in [2.24, 2.45) is 12.8 Å². The van der Waals surface area contributed by atoms with E-state index in [4.69, 9.17) is 10.5 Å². The van der Waals surface area contributed by atoms with Crippen LogP contribution in [0.3, 0.4) is 0 Å². The second kappa shape index (κ2) is 5.23. The van der Waals surface area contributed by atoms with Crippen LogP contribution in [0.1, 0.15) is 22.9 Å². The predicted octanol–water partition coefficient (Wildman–Crippen LogP) is 1.83. The number of aromatic nitrogens is 2. The number of nitrogens with two attached hydrogens (primary N) is 1. The van der Waals surface area contributed by atoms with Crippen LogP contribution in [0.25, 0.3) is 0 Å². The molecular formula is C14H19N3O. The van der Waals surface area contributed by atoms with Gasteiger partial charge in [-0.3, -0.25) is 0 Å². The zero-order valence-electron chi connectivity index (χ0n) is 11.1. The Morgan fingerprint density at radius 1 is 1.44 bits per heavy atom. The van der Waals surface area contributed by atoms with Crippen molar-refractivity contribution in [1.82, 2.24) is 9.55 Å². The lowest BCUT2D eigenvalue weighted by molar-refractivity contribution is 0.411. The molecule has 0 amide bonds. The lowest BCUT2D eigenvalue weighted by Gasteiger charge is -2.16. The molecule has 2 rings (SSSR count). The van der Waals surface area contributed by atoms with E-state index in [0.29, 0.717) is 6.54 Å². The van der Waals surface area contributed by atoms with Crippen LogP contribution in [0.2, 0.25) is 0 Å². The lowest BCUT2D eigenvalue weighted by Crippen LogP contribution is -2.17. The molecule has 18 heavy (non-hydrogen) atoms. The Morgan fingerprint density at radius 3 is 2.72 bits per heavy atom. The van der Waals surface area contributed by atoms with Gasteiger partial charge in [0.15, 0.2) is 0 Å². The second-order valence-corrected chi connectivity index (χ2v) is 4.41. The number of nitrogens with zero attached hydrogens (tertiary/aromatic N) is 2. The molecule has 0 radical (unpaired) electrons. The standard InChI is InChI=1S/C14H19N3O/c1-10-8-11(4-5-13(10)18-3)12(9-15)14-16-6-7-17(14)2/h4-8,12H,9,15H2,1-3H3.